The number of halogens is 1. The molecule has 0 bridgehead atoms. The maximum Gasteiger partial charge on any atom is 0.280 e. The van der Waals surface area contributed by atoms with Gasteiger partial charge in [0.05, 0.1) is 19.1 Å². The molecule has 0 radical (unpaired) electrons. The molecule has 0 unspecified atom stereocenters. The highest BCUT2D eigenvalue weighted by Gasteiger charge is 2.13. The Morgan fingerprint density at radius 2 is 2.18 bits per heavy atom. The molecule has 2 rings (SSSR count). The zero-order valence-corrected chi connectivity index (χ0v) is 10.7. The van der Waals surface area contributed by atoms with E-state index in [1.165, 1.54) is 12.5 Å². The minimum atomic E-state index is -3.75. The summed E-state index contributed by atoms with van der Waals surface area (Å²) in [5.74, 6) is 0. The van der Waals surface area contributed by atoms with Crippen molar-refractivity contribution in [3.63, 3.8) is 0 Å². The van der Waals surface area contributed by atoms with E-state index in [9.17, 15) is 8.42 Å². The van der Waals surface area contributed by atoms with Crippen LogP contribution in [0.25, 0.3) is 0 Å². The zero-order chi connectivity index (χ0) is 12.5. The van der Waals surface area contributed by atoms with Gasteiger partial charge in [-0.05, 0) is 6.92 Å². The predicted molar refractivity (Wildman–Crippen MR) is 62.3 cm³/mol. The molecule has 0 aromatic carbocycles. The van der Waals surface area contributed by atoms with Crippen LogP contribution in [0.2, 0.25) is 0 Å². The monoisotopic (exact) mass is 274 g/mol. The lowest BCUT2D eigenvalue weighted by Gasteiger charge is -1.97. The van der Waals surface area contributed by atoms with Gasteiger partial charge in [0, 0.05) is 35.2 Å². The quantitative estimate of drug-likeness (QED) is 0.782. The number of hydrogen-bond donors (Lipinski definition) is 0. The van der Waals surface area contributed by atoms with Crippen molar-refractivity contribution in [3.05, 3.63) is 30.5 Å². The number of nitrogens with zero attached hydrogens (tertiary/aromatic N) is 4. The summed E-state index contributed by atoms with van der Waals surface area (Å²) >= 11 is 0. The second kappa shape index (κ2) is 4.50. The fraction of sp³-hybridized carbons (Fsp3) is 0.333. The third kappa shape index (κ3) is 2.86. The number of aryl methyl sites for hydroxylation is 1. The van der Waals surface area contributed by atoms with Crippen molar-refractivity contribution in [1.82, 2.24) is 19.3 Å². The van der Waals surface area contributed by atoms with Gasteiger partial charge in [0.15, 0.2) is 5.03 Å². The Kier molecular flexibility index (Phi) is 3.21. The standard InChI is InChI=1S/C9H11ClN4O2S/c1-2-14-5-8(3-12-14)4-13-6-9(11-7-13)17(10,15)16/h3,5-7H,2,4H2,1H3. The molecule has 92 valence electrons. The van der Waals surface area contributed by atoms with Crippen LogP contribution < -0.4 is 0 Å². The lowest BCUT2D eigenvalue weighted by Crippen LogP contribution is -1.96. The molecule has 0 aliphatic carbocycles. The van der Waals surface area contributed by atoms with Crippen molar-refractivity contribution in [1.29, 1.82) is 0 Å². The van der Waals surface area contributed by atoms with Gasteiger partial charge in [0.25, 0.3) is 9.05 Å². The molecule has 0 N–H and O–H groups in total. The van der Waals surface area contributed by atoms with Gasteiger partial charge in [-0.2, -0.15) is 5.10 Å². The molecular formula is C9H11ClN4O2S. The van der Waals surface area contributed by atoms with Crippen molar-refractivity contribution in [2.24, 2.45) is 0 Å². The molecule has 0 saturated heterocycles. The van der Waals surface area contributed by atoms with Crippen LogP contribution in [-0.2, 0) is 22.1 Å². The lowest BCUT2D eigenvalue weighted by atomic mass is 10.3. The fourth-order valence-corrected chi connectivity index (χ4v) is 2.10. The molecule has 8 heteroatoms. The van der Waals surface area contributed by atoms with Crippen LogP contribution in [-0.4, -0.2) is 27.7 Å². The summed E-state index contributed by atoms with van der Waals surface area (Å²) in [4.78, 5) is 3.73. The summed E-state index contributed by atoms with van der Waals surface area (Å²) in [6.07, 6.45) is 6.46. The minimum Gasteiger partial charge on any atom is -0.332 e. The number of rotatable bonds is 4. The van der Waals surface area contributed by atoms with E-state index in [0.29, 0.717) is 6.54 Å². The molecule has 0 spiro atoms. The van der Waals surface area contributed by atoms with Gasteiger partial charge in [-0.3, -0.25) is 4.68 Å². The van der Waals surface area contributed by atoms with Gasteiger partial charge in [-0.15, -0.1) is 0 Å². The molecule has 6 nitrogen and oxygen atoms in total. The summed E-state index contributed by atoms with van der Waals surface area (Å²) in [7, 11) is 1.43. The van der Waals surface area contributed by atoms with Gasteiger partial charge in [-0.1, -0.05) is 0 Å². The summed E-state index contributed by atoms with van der Waals surface area (Å²) in [6.45, 7) is 3.30. The molecule has 17 heavy (non-hydrogen) atoms. The molecule has 2 heterocycles. The first-order valence-corrected chi connectivity index (χ1v) is 7.27. The first-order chi connectivity index (χ1) is 7.99. The van der Waals surface area contributed by atoms with Crippen LogP contribution in [0.4, 0.5) is 0 Å². The second-order valence-electron chi connectivity index (χ2n) is 3.53. The summed E-state index contributed by atoms with van der Waals surface area (Å²) < 4.78 is 25.5. The van der Waals surface area contributed by atoms with Gasteiger partial charge >= 0.3 is 0 Å². The largest absolute Gasteiger partial charge is 0.332 e. The normalized spacial score (nSPS) is 11.9. The Morgan fingerprint density at radius 1 is 1.41 bits per heavy atom. The Balaban J connectivity index is 2.17. The van der Waals surface area contributed by atoms with Gasteiger partial charge in [-0.25, -0.2) is 13.4 Å². The lowest BCUT2D eigenvalue weighted by molar-refractivity contribution is 0.606. The van der Waals surface area contributed by atoms with E-state index < -0.39 is 9.05 Å². The van der Waals surface area contributed by atoms with Crippen molar-refractivity contribution in [2.75, 3.05) is 0 Å². The molecule has 0 fully saturated rings. The average Bonchev–Trinajstić information content (AvgIpc) is 2.86. The van der Waals surface area contributed by atoms with Crippen LogP contribution in [0.3, 0.4) is 0 Å². The van der Waals surface area contributed by atoms with Crippen molar-refractivity contribution >= 4 is 19.7 Å². The van der Waals surface area contributed by atoms with Crippen LogP contribution >= 0.6 is 10.7 Å². The third-order valence-corrected chi connectivity index (χ3v) is 3.42. The van der Waals surface area contributed by atoms with E-state index >= 15 is 0 Å². The topological polar surface area (TPSA) is 69.8 Å². The molecule has 0 amide bonds. The third-order valence-electron chi connectivity index (χ3n) is 2.24. The molecule has 0 atom stereocenters. The molecular weight excluding hydrogens is 264 g/mol. The van der Waals surface area contributed by atoms with E-state index in [1.54, 1.807) is 15.4 Å². The predicted octanol–water partition coefficient (Wildman–Crippen LogP) is 1.08. The van der Waals surface area contributed by atoms with Gasteiger partial charge in [0.1, 0.15) is 0 Å². The molecule has 2 aromatic rings. The number of aromatic nitrogens is 4. The highest BCUT2D eigenvalue weighted by atomic mass is 35.7. The minimum absolute atomic E-state index is 0.137. The van der Waals surface area contributed by atoms with E-state index in [0.717, 1.165) is 12.1 Å². The second-order valence-corrected chi connectivity index (χ2v) is 6.04. The number of imidazole rings is 1. The maximum absolute atomic E-state index is 11.0. The van der Waals surface area contributed by atoms with E-state index in [2.05, 4.69) is 10.1 Å². The van der Waals surface area contributed by atoms with E-state index in [-0.39, 0.29) is 5.03 Å². The molecule has 0 aliphatic rings. The summed E-state index contributed by atoms with van der Waals surface area (Å²) in [5.41, 5.74) is 0.975. The van der Waals surface area contributed by atoms with Crippen LogP contribution in [0.15, 0.2) is 29.9 Å². The molecule has 2 aromatic heterocycles. The Bertz CT molecular complexity index is 616. The average molecular weight is 275 g/mol. The van der Waals surface area contributed by atoms with Crippen LogP contribution in [0.1, 0.15) is 12.5 Å². The number of hydrogen-bond acceptors (Lipinski definition) is 4. The molecule has 0 saturated carbocycles. The summed E-state index contributed by atoms with van der Waals surface area (Å²) in [6, 6.07) is 0. The van der Waals surface area contributed by atoms with Gasteiger partial charge in [0.2, 0.25) is 0 Å². The first-order valence-electron chi connectivity index (χ1n) is 4.97. The van der Waals surface area contributed by atoms with Crippen LogP contribution in [0, 0.1) is 0 Å². The first kappa shape index (κ1) is 12.1. The van der Waals surface area contributed by atoms with Crippen molar-refractivity contribution in [3.8, 4) is 0 Å². The van der Waals surface area contributed by atoms with Crippen molar-refractivity contribution < 1.29 is 8.42 Å². The smallest absolute Gasteiger partial charge is 0.280 e. The maximum atomic E-state index is 11.0. The Hall–Kier alpha value is -1.34. The van der Waals surface area contributed by atoms with E-state index in [1.807, 2.05) is 13.1 Å². The fourth-order valence-electron chi connectivity index (χ4n) is 1.42. The summed E-state index contributed by atoms with van der Waals surface area (Å²) in [5, 5.41) is 3.99. The Morgan fingerprint density at radius 3 is 2.71 bits per heavy atom. The SMILES string of the molecule is CCn1cc(Cn2cnc(S(=O)(=O)Cl)c2)cn1. The van der Waals surface area contributed by atoms with Crippen molar-refractivity contribution in [2.45, 2.75) is 25.0 Å². The zero-order valence-electron chi connectivity index (χ0n) is 9.12. The highest BCUT2D eigenvalue weighted by molar-refractivity contribution is 8.13. The Labute approximate surface area is 103 Å². The highest BCUT2D eigenvalue weighted by Crippen LogP contribution is 2.12. The van der Waals surface area contributed by atoms with Crippen LogP contribution in [0.5, 0.6) is 0 Å². The van der Waals surface area contributed by atoms with Gasteiger partial charge < -0.3 is 4.57 Å². The van der Waals surface area contributed by atoms with E-state index in [4.69, 9.17) is 10.7 Å². The molecule has 0 aliphatic heterocycles.